The number of nitrogens with two attached hydrogens (primary N) is 1. The number of halogens is 1. The van der Waals surface area contributed by atoms with Crippen molar-refractivity contribution in [3.05, 3.63) is 29.6 Å². The number of rotatable bonds is 3. The molecule has 1 amide bonds. The number of anilines is 1. The van der Waals surface area contributed by atoms with Gasteiger partial charge in [-0.1, -0.05) is 25.8 Å². The van der Waals surface area contributed by atoms with E-state index in [-0.39, 0.29) is 23.2 Å². The molecule has 20 heavy (non-hydrogen) atoms. The molecule has 0 aliphatic heterocycles. The Morgan fingerprint density at radius 3 is 2.75 bits per heavy atom. The van der Waals surface area contributed by atoms with Crippen molar-refractivity contribution >= 4 is 11.6 Å². The van der Waals surface area contributed by atoms with Gasteiger partial charge in [0.25, 0.3) is 5.91 Å². The number of benzene rings is 1. The molecule has 1 saturated carbocycles. The maximum atomic E-state index is 13.7. The Kier molecular flexibility index (Phi) is 4.60. The number of carbonyl (C=O) groups is 1. The molecule has 1 aromatic carbocycles. The van der Waals surface area contributed by atoms with E-state index in [1.54, 1.807) is 18.0 Å². The highest BCUT2D eigenvalue weighted by atomic mass is 19.1. The van der Waals surface area contributed by atoms with Crippen LogP contribution in [-0.4, -0.2) is 23.9 Å². The van der Waals surface area contributed by atoms with Gasteiger partial charge >= 0.3 is 0 Å². The molecule has 0 saturated heterocycles. The molecule has 2 rings (SSSR count). The van der Waals surface area contributed by atoms with E-state index >= 15 is 0 Å². The second-order valence-electron chi connectivity index (χ2n) is 5.55. The highest BCUT2D eigenvalue weighted by Gasteiger charge is 2.29. The second kappa shape index (κ2) is 6.22. The van der Waals surface area contributed by atoms with Crippen LogP contribution in [0.2, 0.25) is 0 Å². The summed E-state index contributed by atoms with van der Waals surface area (Å²) in [6.45, 7) is 2.17. The molecule has 4 nitrogen and oxygen atoms in total. The lowest BCUT2D eigenvalue weighted by Gasteiger charge is -2.36. The quantitative estimate of drug-likeness (QED) is 0.660. The van der Waals surface area contributed by atoms with E-state index in [0.29, 0.717) is 5.92 Å². The van der Waals surface area contributed by atoms with Crippen molar-refractivity contribution in [2.45, 2.75) is 38.6 Å². The largest absolute Gasteiger partial charge is 0.338 e. The number of hydrogen-bond donors (Lipinski definition) is 2. The van der Waals surface area contributed by atoms with E-state index in [2.05, 4.69) is 12.3 Å². The third kappa shape index (κ3) is 2.77. The van der Waals surface area contributed by atoms with Crippen LogP contribution in [0.3, 0.4) is 0 Å². The Morgan fingerprint density at radius 1 is 1.40 bits per heavy atom. The van der Waals surface area contributed by atoms with E-state index in [1.807, 2.05) is 0 Å². The van der Waals surface area contributed by atoms with E-state index in [4.69, 9.17) is 5.84 Å². The first kappa shape index (κ1) is 14.8. The number of nitrogens with zero attached hydrogens (tertiary/aromatic N) is 1. The maximum Gasteiger partial charge on any atom is 0.256 e. The summed E-state index contributed by atoms with van der Waals surface area (Å²) < 4.78 is 13.7. The van der Waals surface area contributed by atoms with Crippen molar-refractivity contribution in [2.24, 2.45) is 11.8 Å². The van der Waals surface area contributed by atoms with Crippen LogP contribution in [0.15, 0.2) is 18.2 Å². The number of nitrogens with one attached hydrogen (secondary N) is 1. The fraction of sp³-hybridized carbons (Fsp3) is 0.533. The van der Waals surface area contributed by atoms with Gasteiger partial charge in [0.2, 0.25) is 0 Å². The molecule has 0 bridgehead atoms. The van der Waals surface area contributed by atoms with Crippen LogP contribution < -0.4 is 11.3 Å². The number of hydrazine groups is 1. The zero-order chi connectivity index (χ0) is 14.7. The Morgan fingerprint density at radius 2 is 2.10 bits per heavy atom. The fourth-order valence-corrected chi connectivity index (χ4v) is 3.06. The molecule has 2 atom stereocenters. The summed E-state index contributed by atoms with van der Waals surface area (Å²) in [5.41, 5.74) is 2.64. The van der Waals surface area contributed by atoms with Crippen LogP contribution >= 0.6 is 0 Å². The summed E-state index contributed by atoms with van der Waals surface area (Å²) in [5.74, 6) is 5.11. The molecule has 1 aromatic rings. The first-order chi connectivity index (χ1) is 9.56. The van der Waals surface area contributed by atoms with Crippen LogP contribution in [0.25, 0.3) is 0 Å². The van der Waals surface area contributed by atoms with Crippen molar-refractivity contribution in [1.29, 1.82) is 0 Å². The Labute approximate surface area is 119 Å². The Hall–Kier alpha value is -1.62. The molecule has 1 fully saturated rings. The normalized spacial score (nSPS) is 22.4. The standard InChI is InChI=1S/C15H22FN3O/c1-10-6-3-4-9-13(10)19(2)15(20)11-7-5-8-12(16)14(11)18-17/h5,7-8,10,13,18H,3-4,6,9,17H2,1-2H3. The van der Waals surface area contributed by atoms with Crippen LogP contribution in [0, 0.1) is 11.7 Å². The van der Waals surface area contributed by atoms with E-state index < -0.39 is 5.82 Å². The SMILES string of the molecule is CC1CCCCC1N(C)C(=O)c1cccc(F)c1NN. The lowest BCUT2D eigenvalue weighted by Crippen LogP contribution is -2.43. The van der Waals surface area contributed by atoms with Crippen LogP contribution in [0.1, 0.15) is 43.0 Å². The minimum atomic E-state index is -0.511. The monoisotopic (exact) mass is 279 g/mol. The molecule has 0 aromatic heterocycles. The molecule has 110 valence electrons. The maximum absolute atomic E-state index is 13.7. The van der Waals surface area contributed by atoms with Gasteiger partial charge in [0.05, 0.1) is 11.3 Å². The van der Waals surface area contributed by atoms with Gasteiger partial charge in [-0.3, -0.25) is 10.6 Å². The van der Waals surface area contributed by atoms with Gasteiger partial charge < -0.3 is 10.3 Å². The number of amides is 1. The lowest BCUT2D eigenvalue weighted by molar-refractivity contribution is 0.0629. The van der Waals surface area contributed by atoms with Gasteiger partial charge in [-0.2, -0.15) is 0 Å². The van der Waals surface area contributed by atoms with Gasteiger partial charge in [-0.15, -0.1) is 0 Å². The topological polar surface area (TPSA) is 58.4 Å². The summed E-state index contributed by atoms with van der Waals surface area (Å²) in [6.07, 6.45) is 4.49. The molecule has 0 heterocycles. The minimum absolute atomic E-state index is 0.0628. The molecule has 2 unspecified atom stereocenters. The molecule has 1 aliphatic rings. The number of para-hydroxylation sites is 1. The van der Waals surface area contributed by atoms with Gasteiger partial charge in [-0.25, -0.2) is 4.39 Å². The molecule has 5 heteroatoms. The highest BCUT2D eigenvalue weighted by molar-refractivity contribution is 5.99. The number of carbonyl (C=O) groups excluding carboxylic acids is 1. The van der Waals surface area contributed by atoms with Crippen molar-refractivity contribution < 1.29 is 9.18 Å². The second-order valence-corrected chi connectivity index (χ2v) is 5.55. The Balaban J connectivity index is 2.24. The first-order valence-corrected chi connectivity index (χ1v) is 7.08. The van der Waals surface area contributed by atoms with E-state index in [9.17, 15) is 9.18 Å². The van der Waals surface area contributed by atoms with Gasteiger partial charge in [-0.05, 0) is 30.9 Å². The highest BCUT2D eigenvalue weighted by Crippen LogP contribution is 2.29. The van der Waals surface area contributed by atoms with Crippen LogP contribution in [0.4, 0.5) is 10.1 Å². The zero-order valence-electron chi connectivity index (χ0n) is 12.0. The van der Waals surface area contributed by atoms with E-state index in [1.165, 1.54) is 18.6 Å². The molecule has 0 radical (unpaired) electrons. The predicted octanol–water partition coefficient (Wildman–Crippen LogP) is 2.76. The molecule has 3 N–H and O–H groups in total. The summed E-state index contributed by atoms with van der Waals surface area (Å²) in [5, 5.41) is 0. The van der Waals surface area contributed by atoms with Crippen molar-refractivity contribution in [3.63, 3.8) is 0 Å². The smallest absolute Gasteiger partial charge is 0.256 e. The van der Waals surface area contributed by atoms with Gasteiger partial charge in [0.1, 0.15) is 5.82 Å². The molecular formula is C15H22FN3O. The molecular weight excluding hydrogens is 257 g/mol. The van der Waals surface area contributed by atoms with Crippen molar-refractivity contribution in [1.82, 2.24) is 4.90 Å². The van der Waals surface area contributed by atoms with Crippen molar-refractivity contribution in [3.8, 4) is 0 Å². The fourth-order valence-electron chi connectivity index (χ4n) is 3.06. The lowest BCUT2D eigenvalue weighted by atomic mass is 9.85. The average molecular weight is 279 g/mol. The summed E-state index contributed by atoms with van der Waals surface area (Å²) in [6, 6.07) is 4.63. The van der Waals surface area contributed by atoms with Crippen LogP contribution in [-0.2, 0) is 0 Å². The molecule has 0 spiro atoms. The minimum Gasteiger partial charge on any atom is -0.338 e. The van der Waals surface area contributed by atoms with Crippen LogP contribution in [0.5, 0.6) is 0 Å². The number of nitrogen functional groups attached to an aromatic ring is 1. The third-order valence-corrected chi connectivity index (χ3v) is 4.27. The number of hydrogen-bond acceptors (Lipinski definition) is 3. The predicted molar refractivity (Wildman–Crippen MR) is 77.7 cm³/mol. The molecule has 1 aliphatic carbocycles. The average Bonchev–Trinajstić information content (AvgIpc) is 2.46. The first-order valence-electron chi connectivity index (χ1n) is 7.08. The van der Waals surface area contributed by atoms with Crippen molar-refractivity contribution in [2.75, 3.05) is 12.5 Å². The summed E-state index contributed by atoms with van der Waals surface area (Å²) >= 11 is 0. The third-order valence-electron chi connectivity index (χ3n) is 4.27. The van der Waals surface area contributed by atoms with Gasteiger partial charge in [0, 0.05) is 13.1 Å². The zero-order valence-corrected chi connectivity index (χ0v) is 12.0. The Bertz CT molecular complexity index is 492. The van der Waals surface area contributed by atoms with E-state index in [0.717, 1.165) is 19.3 Å². The summed E-state index contributed by atoms with van der Waals surface area (Å²) in [7, 11) is 1.79. The van der Waals surface area contributed by atoms with Gasteiger partial charge in [0.15, 0.2) is 0 Å². The summed E-state index contributed by atoms with van der Waals surface area (Å²) in [4.78, 5) is 14.3.